The van der Waals surface area contributed by atoms with Crippen LogP contribution >= 0.6 is 23.1 Å². The first kappa shape index (κ1) is 23.8. The molecule has 8 nitrogen and oxygen atoms in total. The van der Waals surface area contributed by atoms with Crippen molar-refractivity contribution in [2.45, 2.75) is 44.8 Å². The molecule has 0 spiro atoms. The lowest BCUT2D eigenvalue weighted by atomic mass is 9.89. The lowest BCUT2D eigenvalue weighted by molar-refractivity contribution is -0.129. The molecule has 0 aromatic carbocycles. The molecule has 10 heteroatoms. The second-order valence-electron chi connectivity index (χ2n) is 8.49. The molecule has 2 aromatic heterocycles. The van der Waals surface area contributed by atoms with E-state index in [2.05, 4.69) is 13.5 Å². The van der Waals surface area contributed by atoms with Crippen molar-refractivity contribution in [3.05, 3.63) is 33.4 Å². The Kier molecular flexibility index (Phi) is 7.43. The Balaban J connectivity index is 1.49. The van der Waals surface area contributed by atoms with E-state index in [4.69, 9.17) is 9.72 Å². The number of thioether (sulfide) groups is 1. The van der Waals surface area contributed by atoms with Gasteiger partial charge in [-0.1, -0.05) is 24.8 Å². The van der Waals surface area contributed by atoms with Crippen LogP contribution in [0.4, 0.5) is 4.79 Å². The molecule has 0 radical (unpaired) electrons. The average molecular weight is 491 g/mol. The Labute approximate surface area is 201 Å². The van der Waals surface area contributed by atoms with E-state index in [1.807, 2.05) is 0 Å². The first-order valence-corrected chi connectivity index (χ1v) is 13.2. The van der Waals surface area contributed by atoms with Gasteiger partial charge in [0.05, 0.1) is 17.7 Å². The number of aromatic nitrogens is 2. The van der Waals surface area contributed by atoms with Crippen LogP contribution in [0.2, 0.25) is 0 Å². The van der Waals surface area contributed by atoms with Crippen LogP contribution in [0.15, 0.2) is 22.6 Å². The lowest BCUT2D eigenvalue weighted by Crippen LogP contribution is -2.51. The van der Waals surface area contributed by atoms with Crippen molar-refractivity contribution >= 4 is 45.3 Å². The van der Waals surface area contributed by atoms with Crippen LogP contribution in [-0.4, -0.2) is 69.9 Å². The van der Waals surface area contributed by atoms with Gasteiger partial charge >= 0.3 is 6.09 Å². The maximum absolute atomic E-state index is 13.4. The molecule has 178 valence electrons. The van der Waals surface area contributed by atoms with Gasteiger partial charge in [0, 0.05) is 37.6 Å². The number of allylic oxidation sites excluding steroid dienone is 1. The summed E-state index contributed by atoms with van der Waals surface area (Å²) >= 11 is 2.91. The summed E-state index contributed by atoms with van der Waals surface area (Å²) in [7, 11) is 0. The number of piperazine rings is 1. The van der Waals surface area contributed by atoms with Gasteiger partial charge in [0.2, 0.25) is 5.91 Å². The van der Waals surface area contributed by atoms with E-state index >= 15 is 0 Å². The maximum Gasteiger partial charge on any atom is 0.409 e. The number of carbonyl (C=O) groups excluding carboxylic acids is 2. The Morgan fingerprint density at radius 1 is 1.27 bits per heavy atom. The highest BCUT2D eigenvalue weighted by molar-refractivity contribution is 7.99. The predicted octanol–water partition coefficient (Wildman–Crippen LogP) is 3.16. The summed E-state index contributed by atoms with van der Waals surface area (Å²) in [6, 6.07) is 0. The molecule has 0 N–H and O–H groups in total. The first-order valence-electron chi connectivity index (χ1n) is 11.4. The van der Waals surface area contributed by atoms with Crippen LogP contribution in [-0.2, 0) is 28.9 Å². The molecule has 1 fully saturated rings. The number of amides is 2. The standard InChI is InChI=1S/C23H30N4O4S2/c1-4-8-27-21(29)19-16-7-6-15(3)13-17(16)33-20(19)24-22(27)32-14-18(28)25-9-11-26(12-10-25)23(30)31-5-2/h4,15H,1,5-14H2,2-3H3. The van der Waals surface area contributed by atoms with Crippen molar-refractivity contribution in [3.63, 3.8) is 0 Å². The molecular formula is C23H30N4O4S2. The first-order chi connectivity index (χ1) is 15.9. The monoisotopic (exact) mass is 490 g/mol. The van der Waals surface area contributed by atoms with Crippen LogP contribution in [0.3, 0.4) is 0 Å². The summed E-state index contributed by atoms with van der Waals surface area (Å²) in [5, 5.41) is 1.30. The molecule has 1 unspecified atom stereocenters. The minimum Gasteiger partial charge on any atom is -0.450 e. The predicted molar refractivity (Wildman–Crippen MR) is 131 cm³/mol. The van der Waals surface area contributed by atoms with Crippen molar-refractivity contribution < 1.29 is 14.3 Å². The van der Waals surface area contributed by atoms with E-state index in [9.17, 15) is 14.4 Å². The van der Waals surface area contributed by atoms with Crippen molar-refractivity contribution in [1.82, 2.24) is 19.4 Å². The second-order valence-corrected chi connectivity index (χ2v) is 10.5. The SMILES string of the molecule is C=CCn1c(SCC(=O)N2CCN(C(=O)OCC)CC2)nc2sc3c(c2c1=O)CCC(C)C3. The van der Waals surface area contributed by atoms with Crippen molar-refractivity contribution in [2.24, 2.45) is 5.92 Å². The van der Waals surface area contributed by atoms with E-state index in [-0.39, 0.29) is 23.3 Å². The maximum atomic E-state index is 13.4. The lowest BCUT2D eigenvalue weighted by Gasteiger charge is -2.34. The van der Waals surface area contributed by atoms with Crippen molar-refractivity contribution in [1.29, 1.82) is 0 Å². The fraction of sp³-hybridized carbons (Fsp3) is 0.565. The Bertz CT molecular complexity index is 1120. The summed E-state index contributed by atoms with van der Waals surface area (Å²) in [5.74, 6) is 0.787. The Morgan fingerprint density at radius 2 is 2.00 bits per heavy atom. The summed E-state index contributed by atoms with van der Waals surface area (Å²) in [5.41, 5.74) is 1.13. The van der Waals surface area contributed by atoms with E-state index < -0.39 is 0 Å². The number of nitrogens with zero attached hydrogens (tertiary/aromatic N) is 4. The molecule has 2 amide bonds. The number of aryl methyl sites for hydroxylation is 1. The van der Waals surface area contributed by atoms with E-state index in [1.165, 1.54) is 16.6 Å². The van der Waals surface area contributed by atoms with Gasteiger partial charge in [0.15, 0.2) is 5.16 Å². The summed E-state index contributed by atoms with van der Waals surface area (Å²) in [6.07, 6.45) is 4.36. The molecule has 0 saturated carbocycles. The van der Waals surface area contributed by atoms with E-state index in [0.29, 0.717) is 50.4 Å². The van der Waals surface area contributed by atoms with Crippen LogP contribution in [0, 0.1) is 5.92 Å². The molecule has 2 aromatic rings. The highest BCUT2D eigenvalue weighted by Crippen LogP contribution is 2.36. The van der Waals surface area contributed by atoms with Gasteiger partial charge in [0.25, 0.3) is 5.56 Å². The molecule has 4 rings (SSSR count). The zero-order valence-electron chi connectivity index (χ0n) is 19.2. The molecule has 1 aliphatic heterocycles. The number of hydrogen-bond donors (Lipinski definition) is 0. The van der Waals surface area contributed by atoms with Crippen LogP contribution < -0.4 is 5.56 Å². The minimum absolute atomic E-state index is 0.0256. The molecule has 0 bridgehead atoms. The molecule has 1 aliphatic carbocycles. The molecule has 3 heterocycles. The number of hydrogen-bond acceptors (Lipinski definition) is 7. The number of thiophene rings is 1. The van der Waals surface area contributed by atoms with Gasteiger partial charge in [-0.05, 0) is 37.7 Å². The van der Waals surface area contributed by atoms with Crippen LogP contribution in [0.5, 0.6) is 0 Å². The fourth-order valence-corrected chi connectivity index (χ4v) is 6.71. The van der Waals surface area contributed by atoms with E-state index in [0.717, 1.165) is 35.0 Å². The van der Waals surface area contributed by atoms with Crippen molar-refractivity contribution in [2.75, 3.05) is 38.5 Å². The van der Waals surface area contributed by atoms with Gasteiger partial charge in [-0.15, -0.1) is 17.9 Å². The van der Waals surface area contributed by atoms with Crippen LogP contribution in [0.25, 0.3) is 10.2 Å². The third-order valence-corrected chi connectivity index (χ3v) is 8.28. The van der Waals surface area contributed by atoms with Crippen LogP contribution in [0.1, 0.15) is 30.7 Å². The molecule has 33 heavy (non-hydrogen) atoms. The minimum atomic E-state index is -0.335. The van der Waals surface area contributed by atoms with Crippen molar-refractivity contribution in [3.8, 4) is 0 Å². The highest BCUT2D eigenvalue weighted by atomic mass is 32.2. The van der Waals surface area contributed by atoms with Gasteiger partial charge in [0.1, 0.15) is 4.83 Å². The van der Waals surface area contributed by atoms with Gasteiger partial charge in [-0.3, -0.25) is 14.2 Å². The topological polar surface area (TPSA) is 84.7 Å². The molecular weight excluding hydrogens is 460 g/mol. The zero-order valence-corrected chi connectivity index (χ0v) is 20.8. The third-order valence-electron chi connectivity index (χ3n) is 6.18. The quantitative estimate of drug-likeness (QED) is 0.351. The van der Waals surface area contributed by atoms with Gasteiger partial charge in [-0.25, -0.2) is 9.78 Å². The highest BCUT2D eigenvalue weighted by Gasteiger charge is 2.27. The zero-order chi connectivity index (χ0) is 23.5. The molecule has 1 saturated heterocycles. The Morgan fingerprint density at radius 3 is 2.70 bits per heavy atom. The summed E-state index contributed by atoms with van der Waals surface area (Å²) in [4.78, 5) is 48.3. The normalized spacial score (nSPS) is 18.3. The number of fused-ring (bicyclic) bond motifs is 3. The third kappa shape index (κ3) is 4.96. The second kappa shape index (κ2) is 10.3. The average Bonchev–Trinajstić information content (AvgIpc) is 3.17. The fourth-order valence-electron chi connectivity index (χ4n) is 4.38. The Hall–Kier alpha value is -2.33. The van der Waals surface area contributed by atoms with Gasteiger partial charge in [-0.2, -0.15) is 0 Å². The summed E-state index contributed by atoms with van der Waals surface area (Å²) < 4.78 is 6.67. The largest absolute Gasteiger partial charge is 0.450 e. The number of rotatable bonds is 6. The molecule has 1 atom stereocenters. The number of ether oxygens (including phenoxy) is 1. The van der Waals surface area contributed by atoms with Gasteiger partial charge < -0.3 is 14.5 Å². The number of carbonyl (C=O) groups is 2. The summed E-state index contributed by atoms with van der Waals surface area (Å²) in [6.45, 7) is 10.4. The van der Waals surface area contributed by atoms with E-state index in [1.54, 1.807) is 38.7 Å². The molecule has 2 aliphatic rings. The smallest absolute Gasteiger partial charge is 0.409 e.